The number of hydrogen-bond acceptors (Lipinski definition) is 3. The smallest absolute Gasteiger partial charge is 0.416 e. The van der Waals surface area contributed by atoms with Gasteiger partial charge in [0.2, 0.25) is 5.91 Å². The van der Waals surface area contributed by atoms with E-state index in [1.807, 2.05) is 0 Å². The first-order valence-electron chi connectivity index (χ1n) is 6.97. The molecule has 1 atom stereocenters. The lowest BCUT2D eigenvalue weighted by Gasteiger charge is -2.27. The lowest BCUT2D eigenvalue weighted by Crippen LogP contribution is -2.51. The maximum absolute atomic E-state index is 12.9. The topological polar surface area (TPSA) is 75.6 Å². The van der Waals surface area contributed by atoms with Crippen LogP contribution in [0.5, 0.6) is 0 Å². The van der Waals surface area contributed by atoms with Gasteiger partial charge in [-0.05, 0) is 18.1 Å². The fourth-order valence-electron chi connectivity index (χ4n) is 2.64. The minimum absolute atomic E-state index is 0.0337. The standard InChI is InChI=1S/C15H16F3NO4/c16-15(17,18)11-4-2-1-3-10(11)7-12(20)19-14(8-13(21)22)5-6-23-9-14/h1-4H,5-9H2,(H,19,20)(H,21,22). The molecule has 1 aromatic carbocycles. The van der Waals surface area contributed by atoms with Crippen molar-refractivity contribution in [3.63, 3.8) is 0 Å². The lowest BCUT2D eigenvalue weighted by molar-refractivity contribution is -0.139. The van der Waals surface area contributed by atoms with Crippen molar-refractivity contribution < 1.29 is 32.6 Å². The highest BCUT2D eigenvalue weighted by Gasteiger charge is 2.39. The van der Waals surface area contributed by atoms with Crippen LogP contribution in [0.15, 0.2) is 24.3 Å². The third kappa shape index (κ3) is 4.44. The highest BCUT2D eigenvalue weighted by molar-refractivity contribution is 5.81. The van der Waals surface area contributed by atoms with Crippen LogP contribution in [0.3, 0.4) is 0 Å². The van der Waals surface area contributed by atoms with Crippen LogP contribution in [0, 0.1) is 0 Å². The van der Waals surface area contributed by atoms with Gasteiger partial charge >= 0.3 is 12.1 Å². The summed E-state index contributed by atoms with van der Waals surface area (Å²) in [5, 5.41) is 11.5. The van der Waals surface area contributed by atoms with E-state index >= 15 is 0 Å². The van der Waals surface area contributed by atoms with Crippen LogP contribution in [0.25, 0.3) is 0 Å². The first kappa shape index (κ1) is 17.3. The van der Waals surface area contributed by atoms with E-state index in [2.05, 4.69) is 5.32 Å². The molecule has 1 heterocycles. The maximum Gasteiger partial charge on any atom is 0.416 e. The van der Waals surface area contributed by atoms with Gasteiger partial charge in [-0.1, -0.05) is 18.2 Å². The van der Waals surface area contributed by atoms with Crippen molar-refractivity contribution in [3.8, 4) is 0 Å². The number of carbonyl (C=O) groups is 2. The van der Waals surface area contributed by atoms with Crippen LogP contribution in [0.1, 0.15) is 24.0 Å². The largest absolute Gasteiger partial charge is 0.481 e. The van der Waals surface area contributed by atoms with Gasteiger partial charge in [-0.15, -0.1) is 0 Å². The minimum atomic E-state index is -4.55. The van der Waals surface area contributed by atoms with Crippen LogP contribution in [0.4, 0.5) is 13.2 Å². The Hall–Kier alpha value is -2.09. The van der Waals surface area contributed by atoms with Gasteiger partial charge in [-0.25, -0.2) is 0 Å². The van der Waals surface area contributed by atoms with Crippen molar-refractivity contribution in [1.82, 2.24) is 5.32 Å². The Kier molecular flexibility index (Phi) is 4.93. The predicted octanol–water partition coefficient (Wildman–Crippen LogP) is 2.00. The van der Waals surface area contributed by atoms with Crippen LogP contribution < -0.4 is 5.32 Å². The van der Waals surface area contributed by atoms with Crippen LogP contribution in [0.2, 0.25) is 0 Å². The van der Waals surface area contributed by atoms with E-state index in [-0.39, 0.29) is 18.6 Å². The zero-order chi connectivity index (χ0) is 17.1. The third-order valence-electron chi connectivity index (χ3n) is 3.67. The summed E-state index contributed by atoms with van der Waals surface area (Å²) in [4.78, 5) is 23.0. The molecule has 0 aliphatic carbocycles. The molecule has 1 amide bonds. The molecule has 1 unspecified atom stereocenters. The van der Waals surface area contributed by atoms with Gasteiger partial charge in [-0.2, -0.15) is 13.2 Å². The van der Waals surface area contributed by atoms with Crippen molar-refractivity contribution in [2.45, 2.75) is 31.0 Å². The second-order valence-electron chi connectivity index (χ2n) is 5.53. The molecule has 0 radical (unpaired) electrons. The number of nitrogens with one attached hydrogen (secondary N) is 1. The monoisotopic (exact) mass is 331 g/mol. The fraction of sp³-hybridized carbons (Fsp3) is 0.467. The predicted molar refractivity (Wildman–Crippen MR) is 73.7 cm³/mol. The zero-order valence-corrected chi connectivity index (χ0v) is 12.2. The van der Waals surface area contributed by atoms with Gasteiger partial charge < -0.3 is 15.2 Å². The van der Waals surface area contributed by atoms with Crippen molar-refractivity contribution in [2.24, 2.45) is 0 Å². The number of carboxylic acids is 1. The first-order valence-corrected chi connectivity index (χ1v) is 6.97. The zero-order valence-electron chi connectivity index (χ0n) is 12.2. The normalized spacial score (nSPS) is 21.2. The molecule has 126 valence electrons. The molecule has 1 aliphatic rings. The van der Waals surface area contributed by atoms with Crippen molar-refractivity contribution in [3.05, 3.63) is 35.4 Å². The van der Waals surface area contributed by atoms with Crippen molar-refractivity contribution in [1.29, 1.82) is 0 Å². The average molecular weight is 331 g/mol. The quantitative estimate of drug-likeness (QED) is 0.865. The molecular weight excluding hydrogens is 315 g/mol. The van der Waals surface area contributed by atoms with Gasteiger partial charge in [0, 0.05) is 6.61 Å². The molecule has 0 spiro atoms. The number of carboxylic acid groups (broad SMARTS) is 1. The summed E-state index contributed by atoms with van der Waals surface area (Å²) in [7, 11) is 0. The van der Waals surface area contributed by atoms with E-state index in [1.165, 1.54) is 18.2 Å². The van der Waals surface area contributed by atoms with Gasteiger partial charge in [-0.3, -0.25) is 9.59 Å². The third-order valence-corrected chi connectivity index (χ3v) is 3.67. The molecule has 1 aromatic rings. The summed E-state index contributed by atoms with van der Waals surface area (Å²) in [6.07, 6.45) is -5.05. The molecule has 1 fully saturated rings. The Balaban J connectivity index is 2.12. The van der Waals surface area contributed by atoms with Crippen LogP contribution in [-0.2, 0) is 26.9 Å². The summed E-state index contributed by atoms with van der Waals surface area (Å²) < 4.78 is 43.9. The summed E-state index contributed by atoms with van der Waals surface area (Å²) in [5.74, 6) is -1.76. The Morgan fingerprint density at radius 1 is 1.30 bits per heavy atom. The SMILES string of the molecule is O=C(O)CC1(NC(=O)Cc2ccccc2C(F)(F)F)CCOC1. The molecule has 8 heteroatoms. The van der Waals surface area contributed by atoms with E-state index in [9.17, 15) is 22.8 Å². The highest BCUT2D eigenvalue weighted by atomic mass is 19.4. The first-order chi connectivity index (χ1) is 10.7. The van der Waals surface area contributed by atoms with E-state index < -0.39 is 35.6 Å². The Bertz CT molecular complexity index is 595. The van der Waals surface area contributed by atoms with Crippen molar-refractivity contribution >= 4 is 11.9 Å². The molecule has 0 saturated carbocycles. The molecule has 0 aromatic heterocycles. The number of alkyl halides is 3. The van der Waals surface area contributed by atoms with E-state index in [1.54, 1.807) is 0 Å². The number of aliphatic carboxylic acids is 1. The number of rotatable bonds is 5. The van der Waals surface area contributed by atoms with Crippen LogP contribution in [-0.4, -0.2) is 35.7 Å². The Morgan fingerprint density at radius 3 is 2.57 bits per heavy atom. The van der Waals surface area contributed by atoms with E-state index in [0.29, 0.717) is 13.0 Å². The number of ether oxygens (including phenoxy) is 1. The number of carbonyl (C=O) groups excluding carboxylic acids is 1. The molecular formula is C15H16F3NO4. The molecule has 5 nitrogen and oxygen atoms in total. The van der Waals surface area contributed by atoms with E-state index in [4.69, 9.17) is 9.84 Å². The lowest BCUT2D eigenvalue weighted by atomic mass is 9.93. The van der Waals surface area contributed by atoms with Gasteiger partial charge in [0.25, 0.3) is 0 Å². The van der Waals surface area contributed by atoms with Gasteiger partial charge in [0.1, 0.15) is 0 Å². The summed E-state index contributed by atoms with van der Waals surface area (Å²) in [6, 6.07) is 4.82. The fourth-order valence-corrected chi connectivity index (χ4v) is 2.64. The van der Waals surface area contributed by atoms with Gasteiger partial charge in [0.05, 0.1) is 30.6 Å². The number of amides is 1. The highest BCUT2D eigenvalue weighted by Crippen LogP contribution is 2.32. The molecule has 2 N–H and O–H groups in total. The number of halogens is 3. The second kappa shape index (κ2) is 6.57. The second-order valence-corrected chi connectivity index (χ2v) is 5.53. The number of benzene rings is 1. The minimum Gasteiger partial charge on any atom is -0.481 e. The van der Waals surface area contributed by atoms with Gasteiger partial charge in [0.15, 0.2) is 0 Å². The van der Waals surface area contributed by atoms with Crippen LogP contribution >= 0.6 is 0 Å². The maximum atomic E-state index is 12.9. The number of hydrogen-bond donors (Lipinski definition) is 2. The Morgan fingerprint density at radius 2 is 2.00 bits per heavy atom. The Labute approximate surface area is 130 Å². The molecule has 0 bridgehead atoms. The summed E-state index contributed by atoms with van der Waals surface area (Å²) >= 11 is 0. The molecule has 2 rings (SSSR count). The van der Waals surface area contributed by atoms with E-state index in [0.717, 1.165) is 6.07 Å². The average Bonchev–Trinajstić information content (AvgIpc) is 2.85. The molecule has 1 aliphatic heterocycles. The summed E-state index contributed by atoms with van der Waals surface area (Å²) in [5.41, 5.74) is -2.08. The summed E-state index contributed by atoms with van der Waals surface area (Å²) in [6.45, 7) is 0.332. The molecule has 1 saturated heterocycles. The molecule has 23 heavy (non-hydrogen) atoms. The van der Waals surface area contributed by atoms with Crippen molar-refractivity contribution in [2.75, 3.05) is 13.2 Å².